The lowest BCUT2D eigenvalue weighted by Crippen LogP contribution is -2.23. The molecule has 0 aromatic carbocycles. The molecule has 1 aromatic heterocycles. The number of carbonyl (C=O) groups is 2. The van der Waals surface area contributed by atoms with E-state index in [9.17, 15) is 9.59 Å². The van der Waals surface area contributed by atoms with Gasteiger partial charge in [0.2, 0.25) is 5.91 Å². The zero-order valence-electron chi connectivity index (χ0n) is 11.4. The third-order valence-corrected chi connectivity index (χ3v) is 3.38. The number of thiol groups is 1. The number of hydrogen-bond donors (Lipinski definition) is 2. The van der Waals surface area contributed by atoms with Crippen molar-refractivity contribution in [3.8, 4) is 0 Å². The van der Waals surface area contributed by atoms with E-state index in [1.807, 2.05) is 0 Å². The molecule has 108 valence electrons. The number of amides is 1. The van der Waals surface area contributed by atoms with Gasteiger partial charge in [0, 0.05) is 12.3 Å². The molecule has 0 radical (unpaired) electrons. The zero-order valence-corrected chi connectivity index (χ0v) is 12.3. The summed E-state index contributed by atoms with van der Waals surface area (Å²) >= 11 is 4.01. The Kier molecular flexibility index (Phi) is 5.00. The molecule has 1 aliphatic rings. The van der Waals surface area contributed by atoms with Gasteiger partial charge in [-0.15, -0.1) is 0 Å². The molecule has 6 heteroatoms. The van der Waals surface area contributed by atoms with Crippen LogP contribution >= 0.6 is 12.6 Å². The van der Waals surface area contributed by atoms with Crippen molar-refractivity contribution in [3.05, 3.63) is 29.1 Å². The van der Waals surface area contributed by atoms with Gasteiger partial charge in [0.05, 0.1) is 30.6 Å². The van der Waals surface area contributed by atoms with Gasteiger partial charge < -0.3 is 10.1 Å². The molecular weight excluding hydrogens is 276 g/mol. The first-order valence-corrected chi connectivity index (χ1v) is 7.24. The monoisotopic (exact) mass is 294 g/mol. The fourth-order valence-electron chi connectivity index (χ4n) is 1.95. The van der Waals surface area contributed by atoms with Crippen LogP contribution in [-0.2, 0) is 16.1 Å². The minimum absolute atomic E-state index is 0.0492. The van der Waals surface area contributed by atoms with E-state index in [-0.39, 0.29) is 11.9 Å². The number of aromatic nitrogens is 1. The summed E-state index contributed by atoms with van der Waals surface area (Å²) in [6, 6.07) is 3.48. The molecule has 1 N–H and O–H groups in total. The van der Waals surface area contributed by atoms with Gasteiger partial charge in [-0.05, 0) is 30.7 Å². The van der Waals surface area contributed by atoms with Gasteiger partial charge in [0.25, 0.3) is 0 Å². The predicted octanol–water partition coefficient (Wildman–Crippen LogP) is 1.68. The first-order valence-electron chi connectivity index (χ1n) is 6.61. The lowest BCUT2D eigenvalue weighted by molar-refractivity contribution is -0.120. The Morgan fingerprint density at radius 1 is 1.45 bits per heavy atom. The molecule has 1 aliphatic carbocycles. The fourth-order valence-corrected chi connectivity index (χ4v) is 2.15. The maximum absolute atomic E-state index is 11.7. The van der Waals surface area contributed by atoms with Crippen molar-refractivity contribution in [2.45, 2.75) is 31.7 Å². The van der Waals surface area contributed by atoms with Gasteiger partial charge >= 0.3 is 5.97 Å². The van der Waals surface area contributed by atoms with Crippen LogP contribution in [0.1, 0.15) is 46.9 Å². The largest absolute Gasteiger partial charge is 0.465 e. The lowest BCUT2D eigenvalue weighted by Gasteiger charge is -2.09. The van der Waals surface area contributed by atoms with Crippen LogP contribution in [0.4, 0.5) is 0 Å². The maximum atomic E-state index is 11.7. The molecule has 20 heavy (non-hydrogen) atoms. The topological polar surface area (TPSA) is 68.3 Å². The van der Waals surface area contributed by atoms with Gasteiger partial charge in [-0.25, -0.2) is 4.79 Å². The minimum atomic E-state index is -0.356. The summed E-state index contributed by atoms with van der Waals surface area (Å²) in [6.45, 7) is 0.369. The van der Waals surface area contributed by atoms with Crippen molar-refractivity contribution >= 4 is 24.5 Å². The summed E-state index contributed by atoms with van der Waals surface area (Å²) in [5.74, 6) is 0.461. The number of methoxy groups -OCH3 is 1. The molecule has 0 bridgehead atoms. The van der Waals surface area contributed by atoms with Gasteiger partial charge in [0.15, 0.2) is 0 Å². The first-order chi connectivity index (χ1) is 9.65. The lowest BCUT2D eigenvalue weighted by atomic mass is 10.1. The van der Waals surface area contributed by atoms with Crippen LogP contribution in [0.3, 0.4) is 0 Å². The summed E-state index contributed by atoms with van der Waals surface area (Å²) in [5.41, 5.74) is 2.07. The Labute approximate surface area is 123 Å². The highest BCUT2D eigenvalue weighted by atomic mass is 32.1. The number of pyridine rings is 1. The average Bonchev–Trinajstić information content (AvgIpc) is 3.29. The van der Waals surface area contributed by atoms with Crippen LogP contribution in [-0.4, -0.2) is 29.7 Å². The van der Waals surface area contributed by atoms with Gasteiger partial charge in [-0.1, -0.05) is 0 Å². The van der Waals surface area contributed by atoms with Crippen molar-refractivity contribution in [2.24, 2.45) is 0 Å². The molecule has 1 fully saturated rings. The third kappa shape index (κ3) is 3.72. The number of hydrogen-bond acceptors (Lipinski definition) is 5. The number of nitrogens with one attached hydrogen (secondary N) is 1. The molecule has 0 atom stereocenters. The molecule has 0 aliphatic heterocycles. The summed E-state index contributed by atoms with van der Waals surface area (Å²) in [6.07, 6.45) is 2.48. The highest BCUT2D eigenvalue weighted by Crippen LogP contribution is 2.40. The quantitative estimate of drug-likeness (QED) is 0.619. The van der Waals surface area contributed by atoms with E-state index in [0.717, 1.165) is 24.2 Å². The van der Waals surface area contributed by atoms with Crippen molar-refractivity contribution in [1.29, 1.82) is 0 Å². The molecule has 2 rings (SSSR count). The Morgan fingerprint density at radius 3 is 2.80 bits per heavy atom. The molecular formula is C14H18N2O3S. The van der Waals surface area contributed by atoms with E-state index in [1.54, 1.807) is 12.1 Å². The molecule has 1 amide bonds. The van der Waals surface area contributed by atoms with E-state index in [2.05, 4.69) is 22.9 Å². The van der Waals surface area contributed by atoms with Crippen LogP contribution in [0, 0.1) is 0 Å². The molecule has 0 unspecified atom stereocenters. The van der Waals surface area contributed by atoms with Crippen LogP contribution in [0.5, 0.6) is 0 Å². The minimum Gasteiger partial charge on any atom is -0.465 e. The van der Waals surface area contributed by atoms with Crippen molar-refractivity contribution in [3.63, 3.8) is 0 Å². The van der Waals surface area contributed by atoms with Crippen LogP contribution in [0.2, 0.25) is 0 Å². The standard InChI is InChI=1S/C14H18N2O3S/c1-19-14(18)11-5-4-10(8-15-12(17)6-7-20)16-13(11)9-2-3-9/h4-5,9,20H,2-3,6-8H2,1H3,(H,15,17). The van der Waals surface area contributed by atoms with E-state index in [4.69, 9.17) is 4.74 Å². The van der Waals surface area contributed by atoms with E-state index in [0.29, 0.717) is 30.2 Å². The number of nitrogens with zero attached hydrogens (tertiary/aromatic N) is 1. The van der Waals surface area contributed by atoms with Crippen molar-refractivity contribution in [1.82, 2.24) is 10.3 Å². The summed E-state index contributed by atoms with van der Waals surface area (Å²) in [5, 5.41) is 2.78. The first kappa shape index (κ1) is 14.8. The highest BCUT2D eigenvalue weighted by Gasteiger charge is 2.30. The number of esters is 1. The fraction of sp³-hybridized carbons (Fsp3) is 0.500. The van der Waals surface area contributed by atoms with Crippen molar-refractivity contribution < 1.29 is 14.3 Å². The van der Waals surface area contributed by atoms with Crippen LogP contribution in [0.15, 0.2) is 12.1 Å². The highest BCUT2D eigenvalue weighted by molar-refractivity contribution is 7.80. The summed E-state index contributed by atoms with van der Waals surface area (Å²) in [7, 11) is 1.37. The smallest absolute Gasteiger partial charge is 0.339 e. The molecule has 1 saturated carbocycles. The van der Waals surface area contributed by atoms with Gasteiger partial charge in [0.1, 0.15) is 0 Å². The Bertz CT molecular complexity index is 515. The second-order valence-corrected chi connectivity index (χ2v) is 5.20. The molecule has 1 aromatic rings. The van der Waals surface area contributed by atoms with E-state index >= 15 is 0 Å². The zero-order chi connectivity index (χ0) is 14.5. The van der Waals surface area contributed by atoms with Crippen LogP contribution in [0.25, 0.3) is 0 Å². The predicted molar refractivity (Wildman–Crippen MR) is 77.9 cm³/mol. The molecule has 1 heterocycles. The Hall–Kier alpha value is -1.56. The third-order valence-electron chi connectivity index (χ3n) is 3.16. The van der Waals surface area contributed by atoms with Gasteiger partial charge in [-0.2, -0.15) is 12.6 Å². The number of ether oxygens (including phenoxy) is 1. The second kappa shape index (κ2) is 6.74. The molecule has 0 spiro atoms. The summed E-state index contributed by atoms with van der Waals surface area (Å²) in [4.78, 5) is 27.6. The maximum Gasteiger partial charge on any atom is 0.339 e. The SMILES string of the molecule is COC(=O)c1ccc(CNC(=O)CCS)nc1C1CC1. The Balaban J connectivity index is 2.10. The number of rotatable bonds is 6. The average molecular weight is 294 g/mol. The summed E-state index contributed by atoms with van der Waals surface area (Å²) < 4.78 is 4.77. The molecule has 0 saturated heterocycles. The van der Waals surface area contributed by atoms with Gasteiger partial charge in [-0.3, -0.25) is 9.78 Å². The van der Waals surface area contributed by atoms with E-state index < -0.39 is 0 Å². The van der Waals surface area contributed by atoms with E-state index in [1.165, 1.54) is 7.11 Å². The molecule has 5 nitrogen and oxygen atoms in total. The number of carbonyl (C=O) groups excluding carboxylic acids is 2. The van der Waals surface area contributed by atoms with Crippen LogP contribution < -0.4 is 5.32 Å². The normalized spacial score (nSPS) is 13.9. The second-order valence-electron chi connectivity index (χ2n) is 4.75. The van der Waals surface area contributed by atoms with Crippen molar-refractivity contribution in [2.75, 3.05) is 12.9 Å². The Morgan fingerprint density at radius 2 is 2.20 bits per heavy atom.